The number of non-ortho nitro benzene ring substituents is 1. The summed E-state index contributed by atoms with van der Waals surface area (Å²) in [5.74, 6) is 0.278. The van der Waals surface area contributed by atoms with E-state index in [9.17, 15) is 20.0 Å². The topological polar surface area (TPSA) is 105 Å². The zero-order valence-electron chi connectivity index (χ0n) is 12.5. The maximum Gasteiger partial charge on any atom is 0.319 e. The molecule has 0 radical (unpaired) electrons. The molecule has 2 amide bonds. The second-order valence-corrected chi connectivity index (χ2v) is 5.78. The number of nitrogens with one attached hydrogen (secondary N) is 2. The lowest BCUT2D eigenvalue weighted by Gasteiger charge is -2.25. The molecule has 0 aliphatic heterocycles. The molecule has 22 heavy (non-hydrogen) atoms. The number of anilines is 1. The number of hydrogen-bond donors (Lipinski definition) is 3. The van der Waals surface area contributed by atoms with E-state index in [-0.39, 0.29) is 23.7 Å². The summed E-state index contributed by atoms with van der Waals surface area (Å²) in [6, 6.07) is 3.97. The number of nitrogens with zero attached hydrogens (tertiary/aromatic N) is 1. The van der Waals surface area contributed by atoms with Gasteiger partial charge in [0.25, 0.3) is 5.69 Å². The molecule has 1 aliphatic carbocycles. The second kappa shape index (κ2) is 7.22. The summed E-state index contributed by atoms with van der Waals surface area (Å²) in [6.07, 6.45) is 3.22. The highest BCUT2D eigenvalue weighted by Crippen LogP contribution is 2.24. The van der Waals surface area contributed by atoms with E-state index in [2.05, 4.69) is 10.6 Å². The Hall–Kier alpha value is -2.15. The molecule has 0 bridgehead atoms. The monoisotopic (exact) mass is 307 g/mol. The summed E-state index contributed by atoms with van der Waals surface area (Å²) in [5.41, 5.74) is 1.13. The Bertz CT molecular complexity index is 562. The molecule has 0 aromatic heterocycles. The summed E-state index contributed by atoms with van der Waals surface area (Å²) in [7, 11) is 0. The summed E-state index contributed by atoms with van der Waals surface area (Å²) in [4.78, 5) is 22.2. The van der Waals surface area contributed by atoms with E-state index in [4.69, 9.17) is 0 Å². The van der Waals surface area contributed by atoms with E-state index in [0.29, 0.717) is 18.7 Å². The summed E-state index contributed by atoms with van der Waals surface area (Å²) < 4.78 is 0. The Labute approximate surface area is 128 Å². The van der Waals surface area contributed by atoms with Crippen molar-refractivity contribution in [2.45, 2.75) is 38.7 Å². The van der Waals surface area contributed by atoms with Gasteiger partial charge in [-0.2, -0.15) is 0 Å². The van der Waals surface area contributed by atoms with Crippen molar-refractivity contribution in [3.05, 3.63) is 33.9 Å². The van der Waals surface area contributed by atoms with Crippen molar-refractivity contribution in [2.24, 2.45) is 5.92 Å². The number of carbonyl (C=O) groups is 1. The van der Waals surface area contributed by atoms with Gasteiger partial charge in [0.2, 0.25) is 0 Å². The average Bonchev–Trinajstić information content (AvgIpc) is 2.47. The van der Waals surface area contributed by atoms with Gasteiger partial charge in [-0.15, -0.1) is 0 Å². The number of aliphatic hydroxyl groups excluding tert-OH is 1. The van der Waals surface area contributed by atoms with E-state index >= 15 is 0 Å². The van der Waals surface area contributed by atoms with Gasteiger partial charge in [0, 0.05) is 18.7 Å². The van der Waals surface area contributed by atoms with Crippen LogP contribution < -0.4 is 10.6 Å². The zero-order chi connectivity index (χ0) is 16.1. The van der Waals surface area contributed by atoms with Gasteiger partial charge in [-0.25, -0.2) is 4.79 Å². The van der Waals surface area contributed by atoms with Crippen molar-refractivity contribution < 1.29 is 14.8 Å². The van der Waals surface area contributed by atoms with Crippen molar-refractivity contribution in [3.8, 4) is 0 Å². The van der Waals surface area contributed by atoms with Crippen molar-refractivity contribution in [2.75, 3.05) is 11.9 Å². The first kappa shape index (κ1) is 16.2. The van der Waals surface area contributed by atoms with Crippen LogP contribution in [0.2, 0.25) is 0 Å². The number of nitro benzene ring substituents is 1. The molecule has 1 aromatic rings. The van der Waals surface area contributed by atoms with Crippen molar-refractivity contribution in [1.29, 1.82) is 0 Å². The van der Waals surface area contributed by atoms with Crippen molar-refractivity contribution in [3.63, 3.8) is 0 Å². The van der Waals surface area contributed by atoms with Gasteiger partial charge in [-0.1, -0.05) is 12.5 Å². The maximum atomic E-state index is 11.9. The summed E-state index contributed by atoms with van der Waals surface area (Å²) >= 11 is 0. The molecule has 1 aliphatic rings. The van der Waals surface area contributed by atoms with Crippen LogP contribution in [0.3, 0.4) is 0 Å². The van der Waals surface area contributed by atoms with Crippen molar-refractivity contribution in [1.82, 2.24) is 5.32 Å². The quantitative estimate of drug-likeness (QED) is 0.587. The van der Waals surface area contributed by atoms with Crippen LogP contribution in [0, 0.1) is 23.0 Å². The Morgan fingerprint density at radius 3 is 2.91 bits per heavy atom. The van der Waals surface area contributed by atoms with E-state index < -0.39 is 4.92 Å². The van der Waals surface area contributed by atoms with Crippen LogP contribution in [0.1, 0.15) is 31.2 Å². The third kappa shape index (κ3) is 4.42. The molecule has 3 N–H and O–H groups in total. The highest BCUT2D eigenvalue weighted by atomic mass is 16.6. The molecule has 1 aromatic carbocycles. The van der Waals surface area contributed by atoms with Crippen LogP contribution >= 0.6 is 0 Å². The summed E-state index contributed by atoms with van der Waals surface area (Å²) in [5, 5.41) is 25.8. The lowest BCUT2D eigenvalue weighted by atomic mass is 9.87. The number of aryl methyl sites for hydroxylation is 1. The van der Waals surface area contributed by atoms with Crippen LogP contribution in [0.4, 0.5) is 16.2 Å². The minimum absolute atomic E-state index is 0.0590. The predicted octanol–water partition coefficient (Wildman–Crippen LogP) is 2.58. The Morgan fingerprint density at radius 1 is 1.45 bits per heavy atom. The zero-order valence-corrected chi connectivity index (χ0v) is 12.5. The number of nitro groups is 1. The van der Waals surface area contributed by atoms with E-state index in [1.807, 2.05) is 0 Å². The Morgan fingerprint density at radius 2 is 2.23 bits per heavy atom. The summed E-state index contributed by atoms with van der Waals surface area (Å²) in [6.45, 7) is 2.27. The lowest BCUT2D eigenvalue weighted by Crippen LogP contribution is -2.35. The minimum atomic E-state index is -0.494. The fourth-order valence-corrected chi connectivity index (χ4v) is 2.71. The van der Waals surface area contributed by atoms with Gasteiger partial charge in [0.1, 0.15) is 0 Å². The number of benzene rings is 1. The highest BCUT2D eigenvalue weighted by Gasteiger charge is 2.20. The number of hydrogen-bond acceptors (Lipinski definition) is 4. The first-order valence-corrected chi connectivity index (χ1v) is 7.43. The molecule has 7 heteroatoms. The van der Waals surface area contributed by atoms with Crippen LogP contribution in [0.15, 0.2) is 18.2 Å². The average molecular weight is 307 g/mol. The van der Waals surface area contributed by atoms with Crippen LogP contribution in [-0.4, -0.2) is 28.7 Å². The third-order valence-electron chi connectivity index (χ3n) is 3.99. The van der Waals surface area contributed by atoms with E-state index in [1.54, 1.807) is 13.0 Å². The second-order valence-electron chi connectivity index (χ2n) is 5.78. The lowest BCUT2D eigenvalue weighted by molar-refractivity contribution is -0.384. The Kier molecular flexibility index (Phi) is 5.32. The molecule has 1 saturated carbocycles. The highest BCUT2D eigenvalue weighted by molar-refractivity contribution is 5.90. The van der Waals surface area contributed by atoms with Gasteiger partial charge in [0.05, 0.1) is 16.7 Å². The number of urea groups is 1. The SMILES string of the molecule is Cc1ccc([N+](=O)[O-])cc1NC(=O)NCC1CCCC(O)C1. The standard InChI is InChI=1S/C15H21N3O4/c1-10-5-6-12(18(21)22)8-14(10)17-15(20)16-9-11-3-2-4-13(19)7-11/h5-6,8,11,13,19H,2-4,7,9H2,1H3,(H2,16,17,20). The maximum absolute atomic E-state index is 11.9. The van der Waals surface area contributed by atoms with Gasteiger partial charge >= 0.3 is 6.03 Å². The smallest absolute Gasteiger partial charge is 0.319 e. The molecule has 2 unspecified atom stereocenters. The predicted molar refractivity (Wildman–Crippen MR) is 82.8 cm³/mol. The van der Waals surface area contributed by atoms with Gasteiger partial charge in [-0.3, -0.25) is 10.1 Å². The van der Waals surface area contributed by atoms with Crippen molar-refractivity contribution >= 4 is 17.4 Å². The van der Waals surface area contributed by atoms with Crippen LogP contribution in [0.25, 0.3) is 0 Å². The number of rotatable bonds is 4. The molecular weight excluding hydrogens is 286 g/mol. The first-order valence-electron chi connectivity index (χ1n) is 7.43. The van der Waals surface area contributed by atoms with Gasteiger partial charge < -0.3 is 15.7 Å². The molecule has 0 spiro atoms. The third-order valence-corrected chi connectivity index (χ3v) is 3.99. The number of carbonyl (C=O) groups excluding carboxylic acids is 1. The molecule has 7 nitrogen and oxygen atoms in total. The Balaban J connectivity index is 1.89. The van der Waals surface area contributed by atoms with Crippen LogP contribution in [-0.2, 0) is 0 Å². The molecule has 2 atom stereocenters. The molecule has 120 valence electrons. The van der Waals surface area contributed by atoms with Gasteiger partial charge in [-0.05, 0) is 37.7 Å². The van der Waals surface area contributed by atoms with E-state index in [1.165, 1.54) is 12.1 Å². The number of amides is 2. The fourth-order valence-electron chi connectivity index (χ4n) is 2.71. The first-order chi connectivity index (χ1) is 10.5. The largest absolute Gasteiger partial charge is 0.393 e. The van der Waals surface area contributed by atoms with E-state index in [0.717, 1.165) is 24.8 Å². The molecule has 1 fully saturated rings. The number of aliphatic hydroxyl groups is 1. The molecule has 0 saturated heterocycles. The normalized spacial score (nSPS) is 21.2. The minimum Gasteiger partial charge on any atom is -0.393 e. The molecule has 2 rings (SSSR count). The molecular formula is C15H21N3O4. The van der Waals surface area contributed by atoms with Gasteiger partial charge in [0.15, 0.2) is 0 Å². The molecule has 0 heterocycles. The fraction of sp³-hybridized carbons (Fsp3) is 0.533. The van der Waals surface area contributed by atoms with Crippen LogP contribution in [0.5, 0.6) is 0 Å².